The molecule has 0 bridgehead atoms. The van der Waals surface area contributed by atoms with Crippen LogP contribution in [0.5, 0.6) is 0 Å². The highest BCUT2D eigenvalue weighted by Crippen LogP contribution is 2.26. The molecule has 1 aliphatic heterocycles. The molecule has 1 aliphatic carbocycles. The molecule has 1 saturated carbocycles. The Bertz CT molecular complexity index is 412. The van der Waals surface area contributed by atoms with E-state index in [2.05, 4.69) is 23.4 Å². The summed E-state index contributed by atoms with van der Waals surface area (Å²) in [6, 6.07) is 0. The normalized spacial score (nSPS) is 26.0. The quantitative estimate of drug-likeness (QED) is 0.815. The molecular formula is C16H24N2O. The van der Waals surface area contributed by atoms with E-state index in [0.717, 1.165) is 18.9 Å². The Morgan fingerprint density at radius 3 is 2.74 bits per heavy atom. The first kappa shape index (κ1) is 12.9. The number of nitrogens with zero attached hydrogens (tertiary/aromatic N) is 2. The molecule has 19 heavy (non-hydrogen) atoms. The van der Waals surface area contributed by atoms with Gasteiger partial charge in [-0.05, 0) is 38.0 Å². The lowest BCUT2D eigenvalue weighted by Gasteiger charge is -2.22. The third kappa shape index (κ3) is 3.47. The van der Waals surface area contributed by atoms with Gasteiger partial charge < -0.3 is 4.74 Å². The zero-order chi connectivity index (χ0) is 12.9. The molecule has 0 N–H and O–H groups in total. The van der Waals surface area contributed by atoms with Gasteiger partial charge in [0, 0.05) is 18.4 Å². The Balaban J connectivity index is 1.59. The lowest BCUT2D eigenvalue weighted by atomic mass is 9.89. The lowest BCUT2D eigenvalue weighted by molar-refractivity contribution is -0.0394. The van der Waals surface area contributed by atoms with Gasteiger partial charge in [-0.15, -0.1) is 0 Å². The topological polar surface area (TPSA) is 27.1 Å². The maximum Gasteiger partial charge on any atom is 0.150 e. The summed E-state index contributed by atoms with van der Waals surface area (Å²) in [4.78, 5) is 0. The summed E-state index contributed by atoms with van der Waals surface area (Å²) in [6.07, 6.45) is 19.3. The predicted molar refractivity (Wildman–Crippen MR) is 76.7 cm³/mol. The summed E-state index contributed by atoms with van der Waals surface area (Å²) < 4.78 is 7.73. The molecule has 3 heteroatoms. The molecule has 1 saturated heterocycles. The van der Waals surface area contributed by atoms with Crippen LogP contribution in [0.3, 0.4) is 0 Å². The summed E-state index contributed by atoms with van der Waals surface area (Å²) in [6.45, 7) is 0.873. The summed E-state index contributed by atoms with van der Waals surface area (Å²) in [5, 5.41) is 4.44. The van der Waals surface area contributed by atoms with Crippen molar-refractivity contribution in [3.05, 3.63) is 24.0 Å². The van der Waals surface area contributed by atoms with E-state index in [4.69, 9.17) is 4.74 Å². The monoisotopic (exact) mass is 260 g/mol. The number of aromatic nitrogens is 2. The van der Waals surface area contributed by atoms with E-state index >= 15 is 0 Å². The van der Waals surface area contributed by atoms with Crippen molar-refractivity contribution in [3.63, 3.8) is 0 Å². The predicted octanol–water partition coefficient (Wildman–Crippen LogP) is 4.18. The Morgan fingerprint density at radius 2 is 1.95 bits per heavy atom. The van der Waals surface area contributed by atoms with Crippen LogP contribution in [0.15, 0.2) is 18.5 Å². The molecule has 104 valence electrons. The molecule has 2 fully saturated rings. The van der Waals surface area contributed by atoms with E-state index in [1.807, 2.05) is 10.9 Å². The van der Waals surface area contributed by atoms with Crippen LogP contribution in [0.4, 0.5) is 0 Å². The van der Waals surface area contributed by atoms with Crippen molar-refractivity contribution in [2.24, 2.45) is 5.92 Å². The standard InChI is InChI=1S/C16H24N2O/c1-2-6-14(7-3-1)9-10-15-12-17-18(13-15)16-8-4-5-11-19-16/h9-10,12-14,16H,1-8,11H2/b10-9+/t16-/m1/s1. The van der Waals surface area contributed by atoms with Gasteiger partial charge in [0.2, 0.25) is 0 Å². The zero-order valence-corrected chi connectivity index (χ0v) is 11.6. The highest BCUT2D eigenvalue weighted by atomic mass is 16.5. The van der Waals surface area contributed by atoms with E-state index in [1.165, 1.54) is 50.5 Å². The van der Waals surface area contributed by atoms with Gasteiger partial charge in [0.25, 0.3) is 0 Å². The van der Waals surface area contributed by atoms with Crippen LogP contribution in [0, 0.1) is 5.92 Å². The SMILES string of the molecule is C(=C\C1CCCCC1)/c1cnn([C@H]2CCCCO2)c1. The van der Waals surface area contributed by atoms with Crippen LogP contribution in [0.2, 0.25) is 0 Å². The minimum absolute atomic E-state index is 0.158. The van der Waals surface area contributed by atoms with Gasteiger partial charge in [0.05, 0.1) is 6.20 Å². The molecule has 0 aromatic carbocycles. The Morgan fingerprint density at radius 1 is 1.11 bits per heavy atom. The van der Waals surface area contributed by atoms with Gasteiger partial charge in [0.15, 0.2) is 0 Å². The van der Waals surface area contributed by atoms with Crippen molar-refractivity contribution >= 4 is 6.08 Å². The van der Waals surface area contributed by atoms with Crippen molar-refractivity contribution in [1.82, 2.24) is 9.78 Å². The Kier molecular flexibility index (Phi) is 4.34. The number of hydrogen-bond acceptors (Lipinski definition) is 2. The smallest absolute Gasteiger partial charge is 0.150 e. The van der Waals surface area contributed by atoms with Crippen molar-refractivity contribution in [2.75, 3.05) is 6.61 Å². The first-order valence-corrected chi connectivity index (χ1v) is 7.76. The minimum Gasteiger partial charge on any atom is -0.357 e. The first-order valence-electron chi connectivity index (χ1n) is 7.76. The average molecular weight is 260 g/mol. The van der Waals surface area contributed by atoms with Crippen molar-refractivity contribution in [3.8, 4) is 0 Å². The fraction of sp³-hybridized carbons (Fsp3) is 0.688. The van der Waals surface area contributed by atoms with Gasteiger partial charge >= 0.3 is 0 Å². The van der Waals surface area contributed by atoms with Gasteiger partial charge in [-0.1, -0.05) is 31.4 Å². The van der Waals surface area contributed by atoms with Gasteiger partial charge in [0.1, 0.15) is 6.23 Å². The van der Waals surface area contributed by atoms with Gasteiger partial charge in [-0.25, -0.2) is 4.68 Å². The molecule has 0 radical (unpaired) electrons. The number of ether oxygens (including phenoxy) is 1. The molecule has 1 aromatic rings. The van der Waals surface area contributed by atoms with E-state index in [1.54, 1.807) is 0 Å². The van der Waals surface area contributed by atoms with Crippen molar-refractivity contribution in [2.45, 2.75) is 57.6 Å². The second-order valence-electron chi connectivity index (χ2n) is 5.83. The largest absolute Gasteiger partial charge is 0.357 e. The van der Waals surface area contributed by atoms with Crippen molar-refractivity contribution < 1.29 is 4.74 Å². The van der Waals surface area contributed by atoms with Crippen LogP contribution < -0.4 is 0 Å². The maximum atomic E-state index is 5.75. The van der Waals surface area contributed by atoms with E-state index < -0.39 is 0 Å². The molecule has 3 rings (SSSR count). The third-order valence-corrected chi connectivity index (χ3v) is 4.28. The van der Waals surface area contributed by atoms with Crippen LogP contribution in [-0.4, -0.2) is 16.4 Å². The van der Waals surface area contributed by atoms with Crippen molar-refractivity contribution in [1.29, 1.82) is 0 Å². The summed E-state index contributed by atoms with van der Waals surface area (Å²) in [5.74, 6) is 0.781. The van der Waals surface area contributed by atoms with Crippen LogP contribution in [0.25, 0.3) is 6.08 Å². The van der Waals surface area contributed by atoms with E-state index in [0.29, 0.717) is 0 Å². The maximum absolute atomic E-state index is 5.75. The molecule has 1 aromatic heterocycles. The average Bonchev–Trinajstić information content (AvgIpc) is 2.96. The molecular weight excluding hydrogens is 236 g/mol. The van der Waals surface area contributed by atoms with E-state index in [-0.39, 0.29) is 6.23 Å². The molecule has 0 spiro atoms. The molecule has 3 nitrogen and oxygen atoms in total. The summed E-state index contributed by atoms with van der Waals surface area (Å²) >= 11 is 0. The fourth-order valence-corrected chi connectivity index (χ4v) is 3.10. The number of rotatable bonds is 3. The van der Waals surface area contributed by atoms with Gasteiger partial charge in [-0.3, -0.25) is 0 Å². The van der Waals surface area contributed by atoms with Crippen LogP contribution >= 0.6 is 0 Å². The molecule has 2 aliphatic rings. The lowest BCUT2D eigenvalue weighted by Crippen LogP contribution is -2.18. The zero-order valence-electron chi connectivity index (χ0n) is 11.6. The first-order chi connectivity index (χ1) is 9.42. The Hall–Kier alpha value is -1.09. The molecule has 2 heterocycles. The van der Waals surface area contributed by atoms with Crippen LogP contribution in [0.1, 0.15) is 63.2 Å². The number of allylic oxidation sites excluding steroid dienone is 1. The second kappa shape index (κ2) is 6.38. The fourth-order valence-electron chi connectivity index (χ4n) is 3.10. The second-order valence-corrected chi connectivity index (χ2v) is 5.83. The summed E-state index contributed by atoms with van der Waals surface area (Å²) in [5.41, 5.74) is 1.21. The molecule has 0 unspecified atom stereocenters. The highest BCUT2D eigenvalue weighted by Gasteiger charge is 2.16. The molecule has 0 amide bonds. The Labute approximate surface area is 115 Å². The third-order valence-electron chi connectivity index (χ3n) is 4.28. The summed E-state index contributed by atoms with van der Waals surface area (Å²) in [7, 11) is 0. The van der Waals surface area contributed by atoms with Gasteiger partial charge in [-0.2, -0.15) is 5.10 Å². The van der Waals surface area contributed by atoms with Crippen LogP contribution in [-0.2, 0) is 4.74 Å². The molecule has 1 atom stereocenters. The highest BCUT2D eigenvalue weighted by molar-refractivity contribution is 5.47. The number of hydrogen-bond donors (Lipinski definition) is 0. The minimum atomic E-state index is 0.158. The van der Waals surface area contributed by atoms with E-state index in [9.17, 15) is 0 Å².